The second-order valence-corrected chi connectivity index (χ2v) is 6.09. The van der Waals surface area contributed by atoms with Gasteiger partial charge in [0.25, 0.3) is 5.91 Å². The van der Waals surface area contributed by atoms with Gasteiger partial charge in [0, 0.05) is 36.6 Å². The number of hydrogen-bond donors (Lipinski definition) is 1. The molecule has 3 heterocycles. The number of hydrogen-bond acceptors (Lipinski definition) is 3. The monoisotopic (exact) mass is 296 g/mol. The molecule has 114 valence electrons. The third-order valence-corrected chi connectivity index (χ3v) is 4.75. The van der Waals surface area contributed by atoms with Crippen LogP contribution in [0.1, 0.15) is 29.6 Å². The van der Waals surface area contributed by atoms with Crippen LogP contribution in [0.5, 0.6) is 0 Å². The van der Waals surface area contributed by atoms with Gasteiger partial charge in [-0.2, -0.15) is 5.10 Å². The molecule has 4 rings (SSSR count). The van der Waals surface area contributed by atoms with Crippen molar-refractivity contribution in [2.45, 2.75) is 31.3 Å². The molecule has 1 aromatic carbocycles. The third-order valence-electron chi connectivity index (χ3n) is 4.75. The van der Waals surface area contributed by atoms with Crippen LogP contribution in [0.3, 0.4) is 0 Å². The Kier molecular flexibility index (Phi) is 3.42. The van der Waals surface area contributed by atoms with E-state index in [1.165, 1.54) is 0 Å². The first kappa shape index (κ1) is 13.5. The molecule has 1 aromatic heterocycles. The molecule has 0 aliphatic carbocycles. The van der Waals surface area contributed by atoms with Crippen LogP contribution in [-0.2, 0) is 0 Å². The van der Waals surface area contributed by atoms with Gasteiger partial charge in [-0.25, -0.2) is 4.68 Å². The minimum atomic E-state index is 0.158. The molecule has 5 nitrogen and oxygen atoms in total. The summed E-state index contributed by atoms with van der Waals surface area (Å²) < 4.78 is 1.79. The van der Waals surface area contributed by atoms with Gasteiger partial charge in [-0.1, -0.05) is 6.07 Å². The van der Waals surface area contributed by atoms with Crippen LogP contribution in [0.4, 0.5) is 0 Å². The van der Waals surface area contributed by atoms with Gasteiger partial charge in [0.15, 0.2) is 0 Å². The lowest BCUT2D eigenvalue weighted by molar-refractivity contribution is 0.0680. The molecule has 2 saturated heterocycles. The molecule has 0 spiro atoms. The van der Waals surface area contributed by atoms with Crippen LogP contribution in [0.15, 0.2) is 42.7 Å². The number of nitrogens with zero attached hydrogens (tertiary/aromatic N) is 3. The molecule has 2 unspecified atom stereocenters. The van der Waals surface area contributed by atoms with Gasteiger partial charge < -0.3 is 10.2 Å². The van der Waals surface area contributed by atoms with Gasteiger partial charge in [0.1, 0.15) is 0 Å². The standard InChI is InChI=1S/C17H20N4O/c22-17(21-14-5-6-16(21)12-18-9-7-14)13-3-1-4-15(11-13)20-10-2-8-19-20/h1-4,8,10-11,14,16,18H,5-7,9,12H2. The van der Waals surface area contributed by atoms with E-state index in [9.17, 15) is 4.79 Å². The lowest BCUT2D eigenvalue weighted by Crippen LogP contribution is -2.42. The number of benzene rings is 1. The number of aromatic nitrogens is 2. The Morgan fingerprint density at radius 3 is 2.95 bits per heavy atom. The Morgan fingerprint density at radius 1 is 1.18 bits per heavy atom. The Labute approximate surface area is 129 Å². The average molecular weight is 296 g/mol. The fourth-order valence-electron chi connectivity index (χ4n) is 3.67. The summed E-state index contributed by atoms with van der Waals surface area (Å²) in [6.07, 6.45) is 6.94. The minimum absolute atomic E-state index is 0.158. The van der Waals surface area contributed by atoms with E-state index in [0.717, 1.165) is 43.6 Å². The molecule has 2 aliphatic rings. The van der Waals surface area contributed by atoms with Crippen molar-refractivity contribution in [1.82, 2.24) is 20.0 Å². The van der Waals surface area contributed by atoms with Gasteiger partial charge in [0.2, 0.25) is 0 Å². The fraction of sp³-hybridized carbons (Fsp3) is 0.412. The number of amides is 1. The zero-order valence-electron chi connectivity index (χ0n) is 12.5. The van der Waals surface area contributed by atoms with E-state index in [4.69, 9.17) is 0 Å². The summed E-state index contributed by atoms with van der Waals surface area (Å²) in [5.41, 5.74) is 1.68. The predicted molar refractivity (Wildman–Crippen MR) is 84.0 cm³/mol. The van der Waals surface area contributed by atoms with E-state index < -0.39 is 0 Å². The predicted octanol–water partition coefficient (Wildman–Crippen LogP) is 1.84. The van der Waals surface area contributed by atoms with Crippen LogP contribution >= 0.6 is 0 Å². The van der Waals surface area contributed by atoms with Crippen LogP contribution in [0.25, 0.3) is 5.69 Å². The van der Waals surface area contributed by atoms with Crippen LogP contribution in [0.2, 0.25) is 0 Å². The maximum atomic E-state index is 13.0. The quantitative estimate of drug-likeness (QED) is 0.920. The van der Waals surface area contributed by atoms with Gasteiger partial charge in [0.05, 0.1) is 5.69 Å². The van der Waals surface area contributed by atoms with E-state index >= 15 is 0 Å². The topological polar surface area (TPSA) is 50.2 Å². The van der Waals surface area contributed by atoms with Gasteiger partial charge in [-0.15, -0.1) is 0 Å². The van der Waals surface area contributed by atoms with Crippen LogP contribution in [-0.4, -0.2) is 45.8 Å². The van der Waals surface area contributed by atoms with Gasteiger partial charge in [-0.3, -0.25) is 4.79 Å². The summed E-state index contributed by atoms with van der Waals surface area (Å²) in [6.45, 7) is 1.93. The van der Waals surface area contributed by atoms with Crippen molar-refractivity contribution in [3.8, 4) is 5.69 Å². The molecule has 5 heteroatoms. The highest BCUT2D eigenvalue weighted by Crippen LogP contribution is 2.29. The van der Waals surface area contributed by atoms with Gasteiger partial charge in [-0.05, 0) is 50.1 Å². The molecular weight excluding hydrogens is 276 g/mol. The Morgan fingerprint density at radius 2 is 2.09 bits per heavy atom. The Hall–Kier alpha value is -2.14. The largest absolute Gasteiger partial charge is 0.331 e. The number of nitrogens with one attached hydrogen (secondary N) is 1. The van der Waals surface area contributed by atoms with E-state index in [2.05, 4.69) is 15.3 Å². The molecular formula is C17H20N4O. The normalized spacial score (nSPS) is 24.3. The van der Waals surface area contributed by atoms with Crippen molar-refractivity contribution < 1.29 is 4.79 Å². The highest BCUT2D eigenvalue weighted by Gasteiger charge is 2.38. The molecule has 2 atom stereocenters. The zero-order chi connectivity index (χ0) is 14.9. The number of rotatable bonds is 2. The number of carbonyl (C=O) groups is 1. The first-order valence-electron chi connectivity index (χ1n) is 7.96. The van der Waals surface area contributed by atoms with E-state index in [-0.39, 0.29) is 5.91 Å². The fourth-order valence-corrected chi connectivity index (χ4v) is 3.67. The molecule has 0 radical (unpaired) electrons. The van der Waals surface area contributed by atoms with Crippen molar-refractivity contribution >= 4 is 5.91 Å². The summed E-state index contributed by atoms with van der Waals surface area (Å²) in [5, 5.41) is 7.68. The lowest BCUT2D eigenvalue weighted by atomic mass is 10.1. The first-order valence-corrected chi connectivity index (χ1v) is 7.96. The smallest absolute Gasteiger partial charge is 0.254 e. The second kappa shape index (κ2) is 5.57. The molecule has 2 aromatic rings. The second-order valence-electron chi connectivity index (χ2n) is 6.09. The van der Waals surface area contributed by atoms with Crippen LogP contribution in [0, 0.1) is 0 Å². The molecule has 0 saturated carbocycles. The summed E-state index contributed by atoms with van der Waals surface area (Å²) in [6, 6.07) is 10.4. The highest BCUT2D eigenvalue weighted by molar-refractivity contribution is 5.95. The molecule has 1 amide bonds. The average Bonchev–Trinajstić information content (AvgIpc) is 3.14. The van der Waals surface area contributed by atoms with E-state index in [1.54, 1.807) is 10.9 Å². The minimum Gasteiger partial charge on any atom is -0.331 e. The van der Waals surface area contributed by atoms with Crippen molar-refractivity contribution in [1.29, 1.82) is 0 Å². The highest BCUT2D eigenvalue weighted by atomic mass is 16.2. The summed E-state index contributed by atoms with van der Waals surface area (Å²) in [4.78, 5) is 15.1. The zero-order valence-corrected chi connectivity index (χ0v) is 12.5. The maximum Gasteiger partial charge on any atom is 0.254 e. The molecule has 22 heavy (non-hydrogen) atoms. The SMILES string of the molecule is O=C(c1cccc(-n2cccn2)c1)N1C2CCNCC1CC2. The molecule has 1 N–H and O–H groups in total. The summed E-state index contributed by atoms with van der Waals surface area (Å²) >= 11 is 0. The summed E-state index contributed by atoms with van der Waals surface area (Å²) in [7, 11) is 0. The van der Waals surface area contributed by atoms with Crippen molar-refractivity contribution in [3.63, 3.8) is 0 Å². The third kappa shape index (κ3) is 2.31. The molecule has 2 fully saturated rings. The summed E-state index contributed by atoms with van der Waals surface area (Å²) in [5.74, 6) is 0.158. The van der Waals surface area contributed by atoms with Crippen molar-refractivity contribution in [2.75, 3.05) is 13.1 Å². The Bertz CT molecular complexity index is 653. The van der Waals surface area contributed by atoms with Crippen LogP contribution < -0.4 is 5.32 Å². The Balaban J connectivity index is 1.64. The molecule has 2 aliphatic heterocycles. The number of fused-ring (bicyclic) bond motifs is 2. The van der Waals surface area contributed by atoms with Gasteiger partial charge >= 0.3 is 0 Å². The van der Waals surface area contributed by atoms with Crippen molar-refractivity contribution in [3.05, 3.63) is 48.3 Å². The van der Waals surface area contributed by atoms with E-state index in [1.807, 2.05) is 36.5 Å². The van der Waals surface area contributed by atoms with E-state index in [0.29, 0.717) is 12.1 Å². The first-order chi connectivity index (χ1) is 10.8. The molecule has 2 bridgehead atoms. The number of carbonyl (C=O) groups excluding carboxylic acids is 1. The lowest BCUT2D eigenvalue weighted by Gasteiger charge is -2.28. The van der Waals surface area contributed by atoms with Crippen molar-refractivity contribution in [2.24, 2.45) is 0 Å². The maximum absolute atomic E-state index is 13.0.